The van der Waals surface area contributed by atoms with E-state index in [2.05, 4.69) is 44.7 Å². The van der Waals surface area contributed by atoms with Crippen LogP contribution in [0.15, 0.2) is 18.2 Å². The number of nitrogen functional groups attached to an aromatic ring is 1. The number of methoxy groups -OCH3 is 1. The second-order valence-corrected chi connectivity index (χ2v) is 6.76. The van der Waals surface area contributed by atoms with Crippen molar-refractivity contribution in [3.05, 3.63) is 23.8 Å². The number of ether oxygens (including phenoxy) is 1. The van der Waals surface area contributed by atoms with Crippen molar-refractivity contribution in [1.82, 2.24) is 4.90 Å². The fourth-order valence-corrected chi connectivity index (χ4v) is 2.30. The minimum absolute atomic E-state index is 0.738. The quantitative estimate of drug-likeness (QED) is 0.694. The lowest BCUT2D eigenvalue weighted by molar-refractivity contribution is 0.235. The summed E-state index contributed by atoms with van der Waals surface area (Å²) < 4.78 is 5.32. The van der Waals surface area contributed by atoms with Crippen LogP contribution in [0.25, 0.3) is 0 Å². The average Bonchev–Trinajstić information content (AvgIpc) is 2.40. The number of nitrogens with zero attached hydrogens (tertiary/aromatic N) is 1. The van der Waals surface area contributed by atoms with Crippen LogP contribution in [0.3, 0.4) is 0 Å². The summed E-state index contributed by atoms with van der Waals surface area (Å²) >= 11 is 0. The predicted octanol–water partition coefficient (Wildman–Crippen LogP) is 4.17. The predicted molar refractivity (Wildman–Crippen MR) is 91.6 cm³/mol. The molecule has 0 aliphatic heterocycles. The van der Waals surface area contributed by atoms with Crippen LogP contribution in [-0.4, -0.2) is 25.1 Å². The topological polar surface area (TPSA) is 38.5 Å². The Morgan fingerprint density at radius 1 is 1.00 bits per heavy atom. The fourth-order valence-electron chi connectivity index (χ4n) is 2.30. The standard InChI is InChI=1S/C18H32N2O/c1-14(2)6-8-20(9-7-15(3)4)13-16-10-17(19)12-18(11-16)21-5/h10-12,14-15H,6-9,13,19H2,1-5H3. The van der Waals surface area contributed by atoms with Crippen LogP contribution in [-0.2, 0) is 6.54 Å². The molecule has 0 amide bonds. The third-order valence-electron chi connectivity index (χ3n) is 3.68. The highest BCUT2D eigenvalue weighted by Crippen LogP contribution is 2.20. The van der Waals surface area contributed by atoms with Crippen LogP contribution in [0.4, 0.5) is 5.69 Å². The van der Waals surface area contributed by atoms with Crippen molar-refractivity contribution in [2.45, 2.75) is 47.1 Å². The molecule has 0 fully saturated rings. The van der Waals surface area contributed by atoms with Crippen molar-refractivity contribution in [3.8, 4) is 5.75 Å². The lowest BCUT2D eigenvalue weighted by Crippen LogP contribution is -2.27. The smallest absolute Gasteiger partial charge is 0.121 e. The first kappa shape index (κ1) is 17.8. The molecule has 2 N–H and O–H groups in total. The summed E-state index contributed by atoms with van der Waals surface area (Å²) in [5.74, 6) is 2.32. The van der Waals surface area contributed by atoms with Gasteiger partial charge in [-0.3, -0.25) is 4.90 Å². The molecule has 0 saturated carbocycles. The zero-order chi connectivity index (χ0) is 15.8. The number of hydrogen-bond donors (Lipinski definition) is 1. The van der Waals surface area contributed by atoms with E-state index in [4.69, 9.17) is 10.5 Å². The van der Waals surface area contributed by atoms with Gasteiger partial charge < -0.3 is 10.5 Å². The van der Waals surface area contributed by atoms with E-state index in [0.717, 1.165) is 42.9 Å². The Morgan fingerprint density at radius 3 is 2.05 bits per heavy atom. The van der Waals surface area contributed by atoms with Gasteiger partial charge in [0.05, 0.1) is 7.11 Å². The van der Waals surface area contributed by atoms with Gasteiger partial charge in [-0.05, 0) is 55.5 Å². The van der Waals surface area contributed by atoms with Gasteiger partial charge in [0, 0.05) is 18.3 Å². The maximum atomic E-state index is 5.96. The molecule has 1 aromatic rings. The summed E-state index contributed by atoms with van der Waals surface area (Å²) in [6.07, 6.45) is 2.47. The van der Waals surface area contributed by atoms with E-state index in [0.29, 0.717) is 0 Å². The summed E-state index contributed by atoms with van der Waals surface area (Å²) in [7, 11) is 1.69. The number of benzene rings is 1. The molecule has 0 heterocycles. The van der Waals surface area contributed by atoms with Crippen molar-refractivity contribution < 1.29 is 4.74 Å². The van der Waals surface area contributed by atoms with Crippen LogP contribution < -0.4 is 10.5 Å². The van der Waals surface area contributed by atoms with Crippen molar-refractivity contribution in [2.75, 3.05) is 25.9 Å². The second kappa shape index (κ2) is 8.93. The third kappa shape index (κ3) is 7.37. The van der Waals surface area contributed by atoms with Crippen molar-refractivity contribution >= 4 is 5.69 Å². The molecular formula is C18H32N2O. The number of anilines is 1. The SMILES string of the molecule is COc1cc(N)cc(CN(CCC(C)C)CCC(C)C)c1. The van der Waals surface area contributed by atoms with Crippen LogP contribution >= 0.6 is 0 Å². The molecule has 1 aromatic carbocycles. The van der Waals surface area contributed by atoms with E-state index < -0.39 is 0 Å². The van der Waals surface area contributed by atoms with Gasteiger partial charge in [0.2, 0.25) is 0 Å². The molecule has 1 rings (SSSR count). The van der Waals surface area contributed by atoms with E-state index in [1.807, 2.05) is 6.07 Å². The van der Waals surface area contributed by atoms with Crippen LogP contribution in [0, 0.1) is 11.8 Å². The Kier molecular flexibility index (Phi) is 7.58. The molecule has 0 aliphatic rings. The van der Waals surface area contributed by atoms with E-state index in [9.17, 15) is 0 Å². The summed E-state index contributed by atoms with van der Waals surface area (Å²) in [5, 5.41) is 0. The molecule has 3 nitrogen and oxygen atoms in total. The van der Waals surface area contributed by atoms with Gasteiger partial charge in [-0.15, -0.1) is 0 Å². The second-order valence-electron chi connectivity index (χ2n) is 6.76. The van der Waals surface area contributed by atoms with Crippen LogP contribution in [0.1, 0.15) is 46.1 Å². The molecule has 0 atom stereocenters. The molecule has 0 radical (unpaired) electrons. The van der Waals surface area contributed by atoms with Gasteiger partial charge in [0.1, 0.15) is 5.75 Å². The minimum Gasteiger partial charge on any atom is -0.497 e. The number of hydrogen-bond acceptors (Lipinski definition) is 3. The monoisotopic (exact) mass is 292 g/mol. The molecule has 0 bridgehead atoms. The Hall–Kier alpha value is -1.22. The Labute approximate surface area is 130 Å². The van der Waals surface area contributed by atoms with Crippen molar-refractivity contribution in [1.29, 1.82) is 0 Å². The largest absolute Gasteiger partial charge is 0.497 e. The van der Waals surface area contributed by atoms with E-state index in [1.165, 1.54) is 18.4 Å². The average molecular weight is 292 g/mol. The summed E-state index contributed by atoms with van der Waals surface area (Å²) in [4.78, 5) is 2.54. The van der Waals surface area contributed by atoms with Gasteiger partial charge >= 0.3 is 0 Å². The first-order valence-electron chi connectivity index (χ1n) is 8.06. The molecule has 0 unspecified atom stereocenters. The molecular weight excluding hydrogens is 260 g/mol. The highest BCUT2D eigenvalue weighted by Gasteiger charge is 2.09. The Balaban J connectivity index is 2.71. The normalized spacial score (nSPS) is 11.6. The molecule has 0 saturated heterocycles. The maximum absolute atomic E-state index is 5.96. The first-order valence-corrected chi connectivity index (χ1v) is 8.06. The van der Waals surface area contributed by atoms with Crippen LogP contribution in [0.2, 0.25) is 0 Å². The summed E-state index contributed by atoms with van der Waals surface area (Å²) in [6.45, 7) is 12.4. The van der Waals surface area contributed by atoms with E-state index in [-0.39, 0.29) is 0 Å². The lowest BCUT2D eigenvalue weighted by atomic mass is 10.1. The molecule has 0 aliphatic carbocycles. The molecule has 0 aromatic heterocycles. The molecule has 120 valence electrons. The number of rotatable bonds is 9. The van der Waals surface area contributed by atoms with Crippen molar-refractivity contribution in [2.24, 2.45) is 11.8 Å². The zero-order valence-electron chi connectivity index (χ0n) is 14.4. The van der Waals surface area contributed by atoms with E-state index >= 15 is 0 Å². The van der Waals surface area contributed by atoms with Crippen molar-refractivity contribution in [3.63, 3.8) is 0 Å². The van der Waals surface area contributed by atoms with Crippen LogP contribution in [0.5, 0.6) is 5.75 Å². The molecule has 0 spiro atoms. The fraction of sp³-hybridized carbons (Fsp3) is 0.667. The third-order valence-corrected chi connectivity index (χ3v) is 3.68. The van der Waals surface area contributed by atoms with Gasteiger partial charge in [-0.2, -0.15) is 0 Å². The first-order chi connectivity index (χ1) is 9.90. The van der Waals surface area contributed by atoms with Gasteiger partial charge in [-0.1, -0.05) is 27.7 Å². The van der Waals surface area contributed by atoms with E-state index in [1.54, 1.807) is 7.11 Å². The number of nitrogens with two attached hydrogens (primary N) is 1. The molecule has 21 heavy (non-hydrogen) atoms. The van der Waals surface area contributed by atoms with Gasteiger partial charge in [0.15, 0.2) is 0 Å². The summed E-state index contributed by atoms with van der Waals surface area (Å²) in [6, 6.07) is 6.02. The minimum atomic E-state index is 0.738. The summed E-state index contributed by atoms with van der Waals surface area (Å²) in [5.41, 5.74) is 7.97. The van der Waals surface area contributed by atoms with Gasteiger partial charge in [0.25, 0.3) is 0 Å². The highest BCUT2D eigenvalue weighted by atomic mass is 16.5. The zero-order valence-corrected chi connectivity index (χ0v) is 14.4. The Bertz CT molecular complexity index is 404. The molecule has 3 heteroatoms. The highest BCUT2D eigenvalue weighted by molar-refractivity contribution is 5.47. The Morgan fingerprint density at radius 2 is 1.57 bits per heavy atom. The maximum Gasteiger partial charge on any atom is 0.121 e. The lowest BCUT2D eigenvalue weighted by Gasteiger charge is -2.24. The van der Waals surface area contributed by atoms with Gasteiger partial charge in [-0.25, -0.2) is 0 Å².